The first kappa shape index (κ1) is 6.51. The molecule has 1 rings (SSSR count). The fourth-order valence-electron chi connectivity index (χ4n) is 0.716. The second kappa shape index (κ2) is 1.68. The lowest BCUT2D eigenvalue weighted by Crippen LogP contribution is -2.29. The van der Waals surface area contributed by atoms with Crippen LogP contribution in [-0.4, -0.2) is 28.1 Å². The van der Waals surface area contributed by atoms with Gasteiger partial charge in [0.25, 0.3) is 0 Å². The van der Waals surface area contributed by atoms with E-state index in [9.17, 15) is 4.79 Å². The number of ether oxygens (including phenoxy) is 1. The van der Waals surface area contributed by atoms with Crippen molar-refractivity contribution in [3.8, 4) is 0 Å². The predicted molar refractivity (Wildman–Crippen MR) is 27.3 cm³/mol. The Bertz CT molecular complexity index is 140. The zero-order valence-corrected chi connectivity index (χ0v) is 5.00. The van der Waals surface area contributed by atoms with Crippen LogP contribution in [0.5, 0.6) is 0 Å². The molecule has 0 amide bonds. The van der Waals surface area contributed by atoms with Gasteiger partial charge in [0, 0.05) is 6.42 Å². The Morgan fingerprint density at radius 1 is 1.89 bits per heavy atom. The normalized spacial score (nSPS) is 43.0. The fourth-order valence-corrected chi connectivity index (χ4v) is 0.716. The highest BCUT2D eigenvalue weighted by molar-refractivity contribution is 5.80. The van der Waals surface area contributed by atoms with Gasteiger partial charge in [0.05, 0.1) is 0 Å². The Balaban J connectivity index is 2.70. The van der Waals surface area contributed by atoms with Crippen molar-refractivity contribution >= 4 is 5.97 Å². The predicted octanol–water partition coefficient (Wildman–Crippen LogP) is -0.997. The number of rotatable bonds is 0. The van der Waals surface area contributed by atoms with Crippen molar-refractivity contribution in [2.45, 2.75) is 25.2 Å². The summed E-state index contributed by atoms with van der Waals surface area (Å²) in [5, 5.41) is 17.6. The number of carbonyl (C=O) groups excluding carboxylic acids is 1. The van der Waals surface area contributed by atoms with E-state index in [2.05, 4.69) is 4.74 Å². The zero-order chi connectivity index (χ0) is 7.07. The number of aliphatic hydroxyl groups excluding tert-OH is 1. The lowest BCUT2D eigenvalue weighted by atomic mass is 10.1. The maximum absolute atomic E-state index is 10.5. The molecule has 2 N–H and O–H groups in total. The molecule has 2 atom stereocenters. The van der Waals surface area contributed by atoms with Gasteiger partial charge < -0.3 is 14.9 Å². The van der Waals surface area contributed by atoms with E-state index in [1.165, 1.54) is 6.92 Å². The van der Waals surface area contributed by atoms with Crippen LogP contribution >= 0.6 is 0 Å². The summed E-state index contributed by atoms with van der Waals surface area (Å²) in [7, 11) is 0. The number of carbonyl (C=O) groups is 1. The molecule has 1 fully saturated rings. The SMILES string of the molecule is C[C@@]1(O)C[C@H](O)OC1=O. The van der Waals surface area contributed by atoms with Crippen LogP contribution in [0.25, 0.3) is 0 Å². The molecule has 0 aromatic heterocycles. The molecule has 0 aromatic carbocycles. The van der Waals surface area contributed by atoms with E-state index in [4.69, 9.17) is 10.2 Å². The molecule has 0 saturated carbocycles. The first-order valence-electron chi connectivity index (χ1n) is 2.64. The average Bonchev–Trinajstić information content (AvgIpc) is 1.79. The summed E-state index contributed by atoms with van der Waals surface area (Å²) in [5.41, 5.74) is -1.49. The summed E-state index contributed by atoms with van der Waals surface area (Å²) < 4.78 is 4.24. The van der Waals surface area contributed by atoms with Crippen LogP contribution in [0.1, 0.15) is 13.3 Å². The van der Waals surface area contributed by atoms with Gasteiger partial charge in [-0.3, -0.25) is 0 Å². The minimum atomic E-state index is -1.49. The van der Waals surface area contributed by atoms with E-state index in [1.807, 2.05) is 0 Å². The third-order valence-corrected chi connectivity index (χ3v) is 1.25. The van der Waals surface area contributed by atoms with Gasteiger partial charge in [-0.25, -0.2) is 4.79 Å². The van der Waals surface area contributed by atoms with Gasteiger partial charge in [0.1, 0.15) is 0 Å². The molecule has 0 unspecified atom stereocenters. The largest absolute Gasteiger partial charge is 0.434 e. The maximum atomic E-state index is 10.5. The highest BCUT2D eigenvalue weighted by Crippen LogP contribution is 2.22. The van der Waals surface area contributed by atoms with Crippen LogP contribution in [0.3, 0.4) is 0 Å². The molecule has 4 heteroatoms. The fraction of sp³-hybridized carbons (Fsp3) is 0.800. The van der Waals surface area contributed by atoms with Gasteiger partial charge in [-0.1, -0.05) is 0 Å². The highest BCUT2D eigenvalue weighted by atomic mass is 16.7. The molecular weight excluding hydrogens is 124 g/mol. The van der Waals surface area contributed by atoms with Gasteiger partial charge in [0.15, 0.2) is 5.60 Å². The van der Waals surface area contributed by atoms with Gasteiger partial charge in [-0.15, -0.1) is 0 Å². The molecular formula is C5H8O4. The smallest absolute Gasteiger partial charge is 0.340 e. The molecule has 0 bridgehead atoms. The summed E-state index contributed by atoms with van der Waals surface area (Å²) in [6, 6.07) is 0. The molecule has 1 saturated heterocycles. The summed E-state index contributed by atoms with van der Waals surface area (Å²) in [6.07, 6.45) is -1.17. The highest BCUT2D eigenvalue weighted by Gasteiger charge is 2.42. The topological polar surface area (TPSA) is 66.8 Å². The molecule has 9 heavy (non-hydrogen) atoms. The third-order valence-electron chi connectivity index (χ3n) is 1.25. The van der Waals surface area contributed by atoms with Crippen molar-refractivity contribution in [1.29, 1.82) is 0 Å². The molecule has 0 aromatic rings. The zero-order valence-electron chi connectivity index (χ0n) is 5.00. The molecule has 0 spiro atoms. The molecule has 0 radical (unpaired) electrons. The quantitative estimate of drug-likeness (QED) is 0.415. The van der Waals surface area contributed by atoms with Gasteiger partial charge >= 0.3 is 5.97 Å². The van der Waals surface area contributed by atoms with Crippen LogP contribution in [-0.2, 0) is 9.53 Å². The van der Waals surface area contributed by atoms with E-state index in [0.29, 0.717) is 0 Å². The van der Waals surface area contributed by atoms with E-state index in [1.54, 1.807) is 0 Å². The van der Waals surface area contributed by atoms with Gasteiger partial charge in [-0.05, 0) is 6.92 Å². The minimum Gasteiger partial charge on any atom is -0.434 e. The number of cyclic esters (lactones) is 1. The Labute approximate surface area is 52.1 Å². The summed E-state index contributed by atoms with van der Waals surface area (Å²) in [6.45, 7) is 1.31. The van der Waals surface area contributed by atoms with Crippen molar-refractivity contribution in [2.75, 3.05) is 0 Å². The molecule has 0 aliphatic carbocycles. The Kier molecular flexibility index (Phi) is 1.22. The number of esters is 1. The van der Waals surface area contributed by atoms with E-state index in [0.717, 1.165) is 0 Å². The lowest BCUT2D eigenvalue weighted by Gasteiger charge is -2.06. The van der Waals surface area contributed by atoms with Gasteiger partial charge in [-0.2, -0.15) is 0 Å². The van der Waals surface area contributed by atoms with Crippen molar-refractivity contribution in [3.63, 3.8) is 0 Å². The first-order valence-corrected chi connectivity index (χ1v) is 2.64. The molecule has 1 aliphatic rings. The van der Waals surface area contributed by atoms with Crippen LogP contribution < -0.4 is 0 Å². The van der Waals surface area contributed by atoms with E-state index < -0.39 is 17.9 Å². The van der Waals surface area contributed by atoms with Crippen molar-refractivity contribution in [2.24, 2.45) is 0 Å². The van der Waals surface area contributed by atoms with Crippen LogP contribution in [0.4, 0.5) is 0 Å². The molecule has 52 valence electrons. The number of aliphatic hydroxyl groups is 2. The molecule has 1 aliphatic heterocycles. The Morgan fingerprint density at radius 2 is 2.44 bits per heavy atom. The van der Waals surface area contributed by atoms with E-state index in [-0.39, 0.29) is 6.42 Å². The van der Waals surface area contributed by atoms with Crippen molar-refractivity contribution in [3.05, 3.63) is 0 Å². The van der Waals surface area contributed by atoms with Crippen LogP contribution in [0.15, 0.2) is 0 Å². The van der Waals surface area contributed by atoms with Crippen LogP contribution in [0, 0.1) is 0 Å². The maximum Gasteiger partial charge on any atom is 0.340 e. The van der Waals surface area contributed by atoms with Crippen LogP contribution in [0.2, 0.25) is 0 Å². The van der Waals surface area contributed by atoms with Crippen molar-refractivity contribution in [1.82, 2.24) is 0 Å². The lowest BCUT2D eigenvalue weighted by molar-refractivity contribution is -0.161. The Morgan fingerprint density at radius 3 is 2.56 bits per heavy atom. The number of hydrogen-bond acceptors (Lipinski definition) is 4. The standard InChI is InChI=1S/C5H8O4/c1-5(8)2-3(6)9-4(5)7/h3,6,8H,2H2,1H3/t3-,5-/m1/s1. The monoisotopic (exact) mass is 132 g/mol. The summed E-state index contributed by atoms with van der Waals surface area (Å²) in [4.78, 5) is 10.5. The van der Waals surface area contributed by atoms with Gasteiger partial charge in [0.2, 0.25) is 6.29 Å². The number of hydrogen-bond donors (Lipinski definition) is 2. The molecule has 1 heterocycles. The molecule has 4 nitrogen and oxygen atoms in total. The third kappa shape index (κ3) is 1.04. The second-order valence-corrected chi connectivity index (χ2v) is 2.34. The first-order chi connectivity index (χ1) is 4.02. The minimum absolute atomic E-state index is 0.0359. The summed E-state index contributed by atoms with van der Waals surface area (Å²) >= 11 is 0. The van der Waals surface area contributed by atoms with E-state index >= 15 is 0 Å². The van der Waals surface area contributed by atoms with Crippen molar-refractivity contribution < 1.29 is 19.7 Å². The second-order valence-electron chi connectivity index (χ2n) is 2.34. The summed E-state index contributed by atoms with van der Waals surface area (Å²) in [5.74, 6) is -0.755. The average molecular weight is 132 g/mol. The Hall–Kier alpha value is -0.610.